The van der Waals surface area contributed by atoms with Crippen LogP contribution in [0.25, 0.3) is 0 Å². The summed E-state index contributed by atoms with van der Waals surface area (Å²) in [6.07, 6.45) is 4.34. The molecule has 0 rings (SSSR count). The topological polar surface area (TPSA) is 3.24 Å². The maximum absolute atomic E-state index is 2.42. The minimum absolute atomic E-state index is 0.597. The van der Waals surface area contributed by atoms with Crippen molar-refractivity contribution in [3.05, 3.63) is 12.2 Å². The molecule has 1 nitrogen and oxygen atoms in total. The van der Waals surface area contributed by atoms with E-state index in [0.29, 0.717) is 6.04 Å². The monoisotopic (exact) mass is 141 g/mol. The Morgan fingerprint density at radius 3 is 2.10 bits per heavy atom. The molecule has 0 fully saturated rings. The maximum Gasteiger partial charge on any atom is 0.0249 e. The highest BCUT2D eigenvalue weighted by Crippen LogP contribution is 1.98. The van der Waals surface area contributed by atoms with Gasteiger partial charge in [-0.05, 0) is 26.9 Å². The van der Waals surface area contributed by atoms with E-state index in [1.807, 2.05) is 0 Å². The second kappa shape index (κ2) is 5.48. The van der Waals surface area contributed by atoms with E-state index < -0.39 is 0 Å². The van der Waals surface area contributed by atoms with Gasteiger partial charge in [-0.2, -0.15) is 0 Å². The van der Waals surface area contributed by atoms with Crippen molar-refractivity contribution in [2.45, 2.75) is 33.7 Å². The number of hydrogen-bond acceptors (Lipinski definition) is 1. The molecule has 0 aliphatic rings. The van der Waals surface area contributed by atoms with Crippen molar-refractivity contribution in [1.29, 1.82) is 0 Å². The standard InChI is InChI=1S/C9H19N/c1-5-8-9(4)10(6-2)7-3/h5,8-9H,6-7H2,1-4H3/b8-5-. The first-order valence-electron chi connectivity index (χ1n) is 4.13. The summed E-state index contributed by atoms with van der Waals surface area (Å²) in [6.45, 7) is 11.0. The van der Waals surface area contributed by atoms with Crippen LogP contribution >= 0.6 is 0 Å². The van der Waals surface area contributed by atoms with Gasteiger partial charge in [0.05, 0.1) is 0 Å². The van der Waals surface area contributed by atoms with E-state index in [0.717, 1.165) is 13.1 Å². The molecule has 10 heavy (non-hydrogen) atoms. The lowest BCUT2D eigenvalue weighted by Gasteiger charge is -2.23. The summed E-state index contributed by atoms with van der Waals surface area (Å²) >= 11 is 0. The normalized spacial score (nSPS) is 14.9. The Morgan fingerprint density at radius 1 is 1.30 bits per heavy atom. The quantitative estimate of drug-likeness (QED) is 0.543. The molecule has 0 aliphatic heterocycles. The molecule has 0 amide bonds. The summed E-state index contributed by atoms with van der Waals surface area (Å²) in [6, 6.07) is 0.597. The molecule has 0 aromatic heterocycles. The van der Waals surface area contributed by atoms with Gasteiger partial charge in [0.1, 0.15) is 0 Å². The molecule has 0 heterocycles. The molecule has 0 N–H and O–H groups in total. The van der Waals surface area contributed by atoms with Crippen molar-refractivity contribution in [1.82, 2.24) is 4.90 Å². The number of nitrogens with zero attached hydrogens (tertiary/aromatic N) is 1. The Labute approximate surface area is 64.7 Å². The van der Waals surface area contributed by atoms with E-state index in [4.69, 9.17) is 0 Å². The molecule has 0 saturated carbocycles. The highest BCUT2D eigenvalue weighted by Gasteiger charge is 2.03. The molecule has 0 aromatic rings. The molecule has 60 valence electrons. The third-order valence-electron chi connectivity index (χ3n) is 1.86. The van der Waals surface area contributed by atoms with Crippen LogP contribution < -0.4 is 0 Å². The number of hydrogen-bond donors (Lipinski definition) is 0. The van der Waals surface area contributed by atoms with Crippen molar-refractivity contribution < 1.29 is 0 Å². The van der Waals surface area contributed by atoms with Gasteiger partial charge in [-0.15, -0.1) is 0 Å². The molecule has 0 spiro atoms. The van der Waals surface area contributed by atoms with Crippen molar-refractivity contribution in [2.75, 3.05) is 13.1 Å². The van der Waals surface area contributed by atoms with Gasteiger partial charge in [-0.25, -0.2) is 0 Å². The SMILES string of the molecule is C/C=C\C(C)N(CC)CC. The van der Waals surface area contributed by atoms with Crippen molar-refractivity contribution in [3.8, 4) is 0 Å². The number of likely N-dealkylation sites (N-methyl/N-ethyl adjacent to an activating group) is 1. The van der Waals surface area contributed by atoms with Crippen LogP contribution in [0.3, 0.4) is 0 Å². The van der Waals surface area contributed by atoms with Gasteiger partial charge >= 0.3 is 0 Å². The maximum atomic E-state index is 2.42. The summed E-state index contributed by atoms with van der Waals surface area (Å²) in [5, 5.41) is 0. The molecule has 1 atom stereocenters. The first-order chi connectivity index (χ1) is 4.76. The second-order valence-corrected chi connectivity index (χ2v) is 2.49. The van der Waals surface area contributed by atoms with Crippen molar-refractivity contribution in [2.24, 2.45) is 0 Å². The van der Waals surface area contributed by atoms with Gasteiger partial charge in [0.25, 0.3) is 0 Å². The molecule has 0 radical (unpaired) electrons. The van der Waals surface area contributed by atoms with Gasteiger partial charge in [-0.3, -0.25) is 4.90 Å². The fourth-order valence-corrected chi connectivity index (χ4v) is 1.20. The smallest absolute Gasteiger partial charge is 0.0249 e. The van der Waals surface area contributed by atoms with Gasteiger partial charge in [0.15, 0.2) is 0 Å². The number of rotatable bonds is 4. The molecule has 0 aromatic carbocycles. The lowest BCUT2D eigenvalue weighted by molar-refractivity contribution is 0.268. The predicted octanol–water partition coefficient (Wildman–Crippen LogP) is 2.29. The van der Waals surface area contributed by atoms with E-state index in [1.165, 1.54) is 0 Å². The van der Waals surface area contributed by atoms with Crippen LogP contribution in [0.4, 0.5) is 0 Å². The highest BCUT2D eigenvalue weighted by atomic mass is 15.1. The van der Waals surface area contributed by atoms with E-state index >= 15 is 0 Å². The predicted molar refractivity (Wildman–Crippen MR) is 47.2 cm³/mol. The van der Waals surface area contributed by atoms with E-state index in [-0.39, 0.29) is 0 Å². The average Bonchev–Trinajstić information content (AvgIpc) is 1.91. The van der Waals surface area contributed by atoms with Crippen molar-refractivity contribution >= 4 is 0 Å². The zero-order valence-electron chi connectivity index (χ0n) is 7.59. The Kier molecular flexibility index (Phi) is 5.32. The largest absolute Gasteiger partial charge is 0.298 e. The van der Waals surface area contributed by atoms with Crippen LogP contribution in [0, 0.1) is 0 Å². The fraction of sp³-hybridized carbons (Fsp3) is 0.778. The van der Waals surface area contributed by atoms with Gasteiger partial charge in [-0.1, -0.05) is 26.0 Å². The van der Waals surface area contributed by atoms with Crippen LogP contribution in [0.2, 0.25) is 0 Å². The average molecular weight is 141 g/mol. The molecular weight excluding hydrogens is 122 g/mol. The van der Waals surface area contributed by atoms with Crippen LogP contribution in [-0.2, 0) is 0 Å². The number of allylic oxidation sites excluding steroid dienone is 1. The lowest BCUT2D eigenvalue weighted by Crippen LogP contribution is -2.30. The zero-order chi connectivity index (χ0) is 7.98. The minimum atomic E-state index is 0.597. The lowest BCUT2D eigenvalue weighted by atomic mass is 10.2. The Balaban J connectivity index is 3.75. The third-order valence-corrected chi connectivity index (χ3v) is 1.86. The summed E-state index contributed by atoms with van der Waals surface area (Å²) in [7, 11) is 0. The second-order valence-electron chi connectivity index (χ2n) is 2.49. The van der Waals surface area contributed by atoms with E-state index in [2.05, 4.69) is 44.7 Å². The molecule has 0 aliphatic carbocycles. The molecule has 0 saturated heterocycles. The first kappa shape index (κ1) is 9.70. The minimum Gasteiger partial charge on any atom is -0.298 e. The summed E-state index contributed by atoms with van der Waals surface area (Å²) in [5.41, 5.74) is 0. The summed E-state index contributed by atoms with van der Waals surface area (Å²) in [5.74, 6) is 0. The summed E-state index contributed by atoms with van der Waals surface area (Å²) in [4.78, 5) is 2.42. The molecular formula is C9H19N. The highest BCUT2D eigenvalue weighted by molar-refractivity contribution is 4.88. The summed E-state index contributed by atoms with van der Waals surface area (Å²) < 4.78 is 0. The van der Waals surface area contributed by atoms with Gasteiger partial charge in [0, 0.05) is 6.04 Å². The molecule has 0 bridgehead atoms. The van der Waals surface area contributed by atoms with E-state index in [9.17, 15) is 0 Å². The zero-order valence-corrected chi connectivity index (χ0v) is 7.59. The van der Waals surface area contributed by atoms with Gasteiger partial charge in [0.2, 0.25) is 0 Å². The third kappa shape index (κ3) is 3.02. The first-order valence-corrected chi connectivity index (χ1v) is 4.13. The van der Waals surface area contributed by atoms with Crippen molar-refractivity contribution in [3.63, 3.8) is 0 Å². The molecule has 1 unspecified atom stereocenters. The van der Waals surface area contributed by atoms with Crippen LogP contribution in [0.15, 0.2) is 12.2 Å². The van der Waals surface area contributed by atoms with Crippen LogP contribution in [-0.4, -0.2) is 24.0 Å². The van der Waals surface area contributed by atoms with Crippen LogP contribution in [0.1, 0.15) is 27.7 Å². The Bertz CT molecular complexity index is 92.9. The Morgan fingerprint density at radius 2 is 1.80 bits per heavy atom. The Hall–Kier alpha value is -0.300. The molecule has 1 heteroatoms. The van der Waals surface area contributed by atoms with Crippen LogP contribution in [0.5, 0.6) is 0 Å². The van der Waals surface area contributed by atoms with Gasteiger partial charge < -0.3 is 0 Å². The fourth-order valence-electron chi connectivity index (χ4n) is 1.20. The van der Waals surface area contributed by atoms with E-state index in [1.54, 1.807) is 0 Å².